The fraction of sp³-hybridized carbons (Fsp3) is 0.300. The van der Waals surface area contributed by atoms with Crippen LogP contribution < -0.4 is 9.64 Å². The Balaban J connectivity index is 1.67. The Morgan fingerprint density at radius 1 is 1.30 bits per heavy atom. The Morgan fingerprint density at radius 3 is 2.93 bits per heavy atom. The number of nitrogens with zero attached hydrogens (tertiary/aromatic N) is 4. The number of hydrogen-bond acceptors (Lipinski definition) is 5. The van der Waals surface area contributed by atoms with Crippen molar-refractivity contribution < 1.29 is 14.3 Å². The molecule has 1 aromatic heterocycles. The first-order valence-corrected chi connectivity index (χ1v) is 8.75. The van der Waals surface area contributed by atoms with Crippen LogP contribution >= 0.6 is 0 Å². The lowest BCUT2D eigenvalue weighted by Gasteiger charge is -2.30. The summed E-state index contributed by atoms with van der Waals surface area (Å²) in [6.45, 7) is 0.979. The average molecular weight is 364 g/mol. The summed E-state index contributed by atoms with van der Waals surface area (Å²) < 4.78 is 5.42. The van der Waals surface area contributed by atoms with Crippen LogP contribution in [-0.4, -0.2) is 41.4 Å². The zero-order chi connectivity index (χ0) is 19.1. The van der Waals surface area contributed by atoms with E-state index in [0.29, 0.717) is 24.5 Å². The smallest absolute Gasteiger partial charge is 0.265 e. The number of rotatable bonds is 7. The molecule has 0 N–H and O–H groups in total. The van der Waals surface area contributed by atoms with E-state index in [1.54, 1.807) is 34.3 Å². The molecular formula is C20H20N4O3. The molecule has 2 amide bonds. The van der Waals surface area contributed by atoms with Crippen molar-refractivity contribution in [3.8, 4) is 11.8 Å². The molecule has 2 heterocycles. The highest BCUT2D eigenvalue weighted by Crippen LogP contribution is 2.31. The molecule has 0 spiro atoms. The highest BCUT2D eigenvalue weighted by atomic mass is 16.5. The van der Waals surface area contributed by atoms with Gasteiger partial charge in [-0.1, -0.05) is 18.2 Å². The quantitative estimate of drug-likeness (QED) is 0.751. The lowest BCUT2D eigenvalue weighted by molar-refractivity contribution is -0.131. The van der Waals surface area contributed by atoms with Gasteiger partial charge in [-0.2, -0.15) is 5.26 Å². The summed E-state index contributed by atoms with van der Waals surface area (Å²) in [5.41, 5.74) is 1.58. The minimum Gasteiger partial charge on any atom is -0.482 e. The van der Waals surface area contributed by atoms with Crippen molar-refractivity contribution in [3.05, 3.63) is 54.4 Å². The highest BCUT2D eigenvalue weighted by molar-refractivity contribution is 5.98. The Labute approximate surface area is 157 Å². The van der Waals surface area contributed by atoms with Crippen LogP contribution in [0.2, 0.25) is 0 Å². The molecule has 0 aliphatic carbocycles. The van der Waals surface area contributed by atoms with Crippen LogP contribution in [0.4, 0.5) is 5.69 Å². The zero-order valence-corrected chi connectivity index (χ0v) is 14.9. The van der Waals surface area contributed by atoms with Gasteiger partial charge in [-0.3, -0.25) is 14.6 Å². The number of benzene rings is 1. The maximum absolute atomic E-state index is 12.7. The Bertz CT molecular complexity index is 848. The molecule has 27 heavy (non-hydrogen) atoms. The van der Waals surface area contributed by atoms with Gasteiger partial charge >= 0.3 is 0 Å². The third-order valence-electron chi connectivity index (χ3n) is 4.30. The van der Waals surface area contributed by atoms with Crippen LogP contribution in [0.15, 0.2) is 48.8 Å². The third-order valence-corrected chi connectivity index (χ3v) is 4.30. The van der Waals surface area contributed by atoms with Crippen molar-refractivity contribution in [3.63, 3.8) is 0 Å². The third kappa shape index (κ3) is 4.61. The first-order chi connectivity index (χ1) is 13.2. The number of nitriles is 1. The Hall–Kier alpha value is -3.40. The maximum atomic E-state index is 12.7. The molecule has 0 atom stereocenters. The molecule has 7 nitrogen and oxygen atoms in total. The largest absolute Gasteiger partial charge is 0.482 e. The monoisotopic (exact) mass is 364 g/mol. The van der Waals surface area contributed by atoms with Crippen molar-refractivity contribution in [2.45, 2.75) is 19.4 Å². The van der Waals surface area contributed by atoms with Gasteiger partial charge in [0.1, 0.15) is 5.75 Å². The van der Waals surface area contributed by atoms with Gasteiger partial charge in [-0.15, -0.1) is 0 Å². The molecule has 2 aromatic rings. The van der Waals surface area contributed by atoms with Crippen LogP contribution in [0.3, 0.4) is 0 Å². The molecule has 7 heteroatoms. The predicted molar refractivity (Wildman–Crippen MR) is 98.8 cm³/mol. The lowest BCUT2D eigenvalue weighted by Crippen LogP contribution is -2.41. The normalized spacial score (nSPS) is 12.7. The van der Waals surface area contributed by atoms with Crippen molar-refractivity contribution >= 4 is 17.5 Å². The molecule has 1 aliphatic heterocycles. The van der Waals surface area contributed by atoms with Gasteiger partial charge in [0.2, 0.25) is 5.91 Å². The number of aromatic nitrogens is 1. The van der Waals surface area contributed by atoms with Gasteiger partial charge in [0.25, 0.3) is 5.91 Å². The number of carbonyl (C=O) groups is 2. The first kappa shape index (κ1) is 18.4. The van der Waals surface area contributed by atoms with Crippen LogP contribution in [0.5, 0.6) is 5.75 Å². The fourth-order valence-corrected chi connectivity index (χ4v) is 2.95. The topological polar surface area (TPSA) is 86.5 Å². The molecule has 3 rings (SSSR count). The molecule has 0 saturated carbocycles. The van der Waals surface area contributed by atoms with E-state index >= 15 is 0 Å². The number of anilines is 1. The summed E-state index contributed by atoms with van der Waals surface area (Å²) in [7, 11) is 0. The molecule has 0 bridgehead atoms. The predicted octanol–water partition coefficient (Wildman–Crippen LogP) is 2.14. The zero-order valence-electron chi connectivity index (χ0n) is 14.9. The summed E-state index contributed by atoms with van der Waals surface area (Å²) in [5, 5.41) is 8.87. The summed E-state index contributed by atoms with van der Waals surface area (Å²) >= 11 is 0. The van der Waals surface area contributed by atoms with E-state index in [1.165, 1.54) is 0 Å². The molecule has 0 saturated heterocycles. The highest BCUT2D eigenvalue weighted by Gasteiger charge is 2.26. The van der Waals surface area contributed by atoms with E-state index in [-0.39, 0.29) is 37.8 Å². The second-order valence-corrected chi connectivity index (χ2v) is 6.14. The standard InChI is InChI=1S/C20H20N4O3/c21-9-4-11-23(14-16-5-3-10-22-13-16)19(25)8-12-24-17-6-1-2-7-18(17)27-15-20(24)26/h1-3,5-7,10,13H,4,8,11-12,14-15H2. The second-order valence-electron chi connectivity index (χ2n) is 6.14. The molecule has 1 aliphatic rings. The number of fused-ring (bicyclic) bond motifs is 1. The minimum absolute atomic E-state index is 0.0287. The van der Waals surface area contributed by atoms with Crippen LogP contribution in [0.1, 0.15) is 18.4 Å². The molecule has 0 unspecified atom stereocenters. The van der Waals surface area contributed by atoms with Gasteiger partial charge in [-0.05, 0) is 23.8 Å². The molecule has 0 fully saturated rings. The molecular weight excluding hydrogens is 344 g/mol. The van der Waals surface area contributed by atoms with Gasteiger partial charge in [-0.25, -0.2) is 0 Å². The average Bonchev–Trinajstić information content (AvgIpc) is 2.71. The number of pyridine rings is 1. The van der Waals surface area contributed by atoms with Crippen LogP contribution in [0, 0.1) is 11.3 Å². The minimum atomic E-state index is -0.169. The van der Waals surface area contributed by atoms with E-state index in [0.717, 1.165) is 5.56 Å². The van der Waals surface area contributed by atoms with E-state index in [1.807, 2.05) is 24.3 Å². The van der Waals surface area contributed by atoms with Crippen molar-refractivity contribution in [2.75, 3.05) is 24.6 Å². The maximum Gasteiger partial charge on any atom is 0.265 e. The van der Waals surface area contributed by atoms with Gasteiger partial charge in [0.05, 0.1) is 18.2 Å². The fourth-order valence-electron chi connectivity index (χ4n) is 2.95. The Kier molecular flexibility index (Phi) is 6.00. The summed E-state index contributed by atoms with van der Waals surface area (Å²) in [6.07, 6.45) is 3.80. The van der Waals surface area contributed by atoms with E-state index in [2.05, 4.69) is 11.1 Å². The van der Waals surface area contributed by atoms with Crippen molar-refractivity contribution in [1.29, 1.82) is 5.26 Å². The number of ether oxygens (including phenoxy) is 1. The van der Waals surface area contributed by atoms with E-state index < -0.39 is 0 Å². The second kappa shape index (κ2) is 8.81. The van der Waals surface area contributed by atoms with Gasteiger partial charge in [0, 0.05) is 38.4 Å². The number of carbonyl (C=O) groups excluding carboxylic acids is 2. The van der Waals surface area contributed by atoms with Crippen LogP contribution in [-0.2, 0) is 16.1 Å². The summed E-state index contributed by atoms with van der Waals surface area (Å²) in [5.74, 6) is 0.365. The SMILES string of the molecule is N#CCCN(Cc1cccnc1)C(=O)CCN1C(=O)COc2ccccc21. The molecule has 1 aromatic carbocycles. The first-order valence-electron chi connectivity index (χ1n) is 8.75. The summed E-state index contributed by atoms with van der Waals surface area (Å²) in [4.78, 5) is 32.3. The van der Waals surface area contributed by atoms with E-state index in [4.69, 9.17) is 10.00 Å². The van der Waals surface area contributed by atoms with Crippen molar-refractivity contribution in [1.82, 2.24) is 9.88 Å². The van der Waals surface area contributed by atoms with Gasteiger partial charge < -0.3 is 14.5 Å². The van der Waals surface area contributed by atoms with Crippen LogP contribution in [0.25, 0.3) is 0 Å². The lowest BCUT2D eigenvalue weighted by atomic mass is 10.2. The molecule has 0 radical (unpaired) electrons. The molecule has 138 valence electrons. The van der Waals surface area contributed by atoms with Crippen molar-refractivity contribution in [2.24, 2.45) is 0 Å². The Morgan fingerprint density at radius 2 is 2.15 bits per heavy atom. The van der Waals surface area contributed by atoms with E-state index in [9.17, 15) is 9.59 Å². The number of hydrogen-bond donors (Lipinski definition) is 0. The number of para-hydroxylation sites is 2. The number of amides is 2. The summed E-state index contributed by atoms with van der Waals surface area (Å²) in [6, 6.07) is 13.1. The van der Waals surface area contributed by atoms with Gasteiger partial charge in [0.15, 0.2) is 6.61 Å².